The molecule has 2 atom stereocenters. The standard InChI is InChI=1S/C66H113NO8/c1-6-8-10-12-14-16-18-20-22-24-25-26-27-28-29-30-31-32-33-34-35-36-37-38-39-41-43-45-47-49-51-53-55-57-64(69)75-62(61-74-66(65(70)71)72-59-58-67(3,4)5)60-73-63(68)56-54-52-50-48-46-44-42-40-23-21-19-17-15-13-11-9-7-2/h8-11,14-17,20-23,25-26,28-29,62,66H,6-7,12-13,18-19,24,27,30-61H2,1-5H3/b10-8-,11-9-,16-14-,17-15-,22-20-,23-21-,26-25-,29-28-. The lowest BCUT2D eigenvalue weighted by Gasteiger charge is -2.26. The Hall–Kier alpha value is -3.79. The summed E-state index contributed by atoms with van der Waals surface area (Å²) in [4.78, 5) is 37.3. The van der Waals surface area contributed by atoms with Crippen molar-refractivity contribution in [2.24, 2.45) is 0 Å². The minimum absolute atomic E-state index is 0.143. The van der Waals surface area contributed by atoms with Crippen molar-refractivity contribution in [3.8, 4) is 0 Å². The van der Waals surface area contributed by atoms with E-state index in [9.17, 15) is 19.5 Å². The molecule has 0 saturated heterocycles. The summed E-state index contributed by atoms with van der Waals surface area (Å²) in [6.07, 6.45) is 73.2. The predicted molar refractivity (Wildman–Crippen MR) is 315 cm³/mol. The van der Waals surface area contributed by atoms with E-state index >= 15 is 0 Å². The van der Waals surface area contributed by atoms with Gasteiger partial charge in [-0.3, -0.25) is 9.59 Å². The number of carbonyl (C=O) groups excluding carboxylic acids is 3. The number of carboxylic acid groups (broad SMARTS) is 1. The molecule has 75 heavy (non-hydrogen) atoms. The number of carboxylic acids is 1. The number of carbonyl (C=O) groups is 3. The quantitative estimate of drug-likeness (QED) is 0.0195. The van der Waals surface area contributed by atoms with Gasteiger partial charge in [-0.15, -0.1) is 0 Å². The second kappa shape index (κ2) is 56.4. The first-order valence-electron chi connectivity index (χ1n) is 30.4. The molecule has 2 unspecified atom stereocenters. The number of hydrogen-bond donors (Lipinski definition) is 0. The molecule has 0 radical (unpaired) electrons. The van der Waals surface area contributed by atoms with Crippen molar-refractivity contribution in [1.82, 2.24) is 0 Å². The number of aliphatic carboxylic acids is 1. The van der Waals surface area contributed by atoms with Crippen molar-refractivity contribution in [2.75, 3.05) is 47.5 Å². The highest BCUT2D eigenvalue weighted by Gasteiger charge is 2.22. The van der Waals surface area contributed by atoms with Crippen LogP contribution in [0.1, 0.15) is 245 Å². The average Bonchev–Trinajstić information content (AvgIpc) is 3.38. The van der Waals surface area contributed by atoms with Gasteiger partial charge in [-0.2, -0.15) is 0 Å². The van der Waals surface area contributed by atoms with Gasteiger partial charge in [0.2, 0.25) is 0 Å². The largest absolute Gasteiger partial charge is 0.545 e. The molecule has 0 aromatic rings. The summed E-state index contributed by atoms with van der Waals surface area (Å²) in [5.74, 6) is -2.30. The number of unbranched alkanes of at least 4 members (excludes halogenated alkanes) is 24. The number of quaternary nitrogens is 1. The van der Waals surface area contributed by atoms with Gasteiger partial charge >= 0.3 is 11.9 Å². The van der Waals surface area contributed by atoms with Gasteiger partial charge in [-0.25, -0.2) is 0 Å². The van der Waals surface area contributed by atoms with Crippen LogP contribution in [0.3, 0.4) is 0 Å². The number of allylic oxidation sites excluding steroid dienone is 16. The van der Waals surface area contributed by atoms with Gasteiger partial charge in [0, 0.05) is 12.8 Å². The van der Waals surface area contributed by atoms with E-state index in [1.165, 1.54) is 109 Å². The first kappa shape index (κ1) is 71.2. The van der Waals surface area contributed by atoms with Crippen LogP contribution in [0.5, 0.6) is 0 Å². The molecule has 9 nitrogen and oxygen atoms in total. The van der Waals surface area contributed by atoms with Crippen LogP contribution in [0.15, 0.2) is 97.2 Å². The second-order valence-corrected chi connectivity index (χ2v) is 21.2. The molecule has 0 aromatic heterocycles. The average molecular weight is 1050 g/mol. The van der Waals surface area contributed by atoms with Crippen molar-refractivity contribution in [3.05, 3.63) is 97.2 Å². The molecule has 0 aromatic carbocycles. The molecule has 0 bridgehead atoms. The zero-order valence-corrected chi connectivity index (χ0v) is 48.9. The molecule has 0 amide bonds. The Bertz CT molecular complexity index is 1550. The van der Waals surface area contributed by atoms with Crippen LogP contribution >= 0.6 is 0 Å². The normalized spacial score (nSPS) is 13.5. The third kappa shape index (κ3) is 57.7. The highest BCUT2D eigenvalue weighted by atomic mass is 16.7. The Morgan fingerprint density at radius 3 is 1.07 bits per heavy atom. The van der Waals surface area contributed by atoms with Crippen molar-refractivity contribution in [2.45, 2.75) is 257 Å². The highest BCUT2D eigenvalue weighted by molar-refractivity contribution is 5.70. The molecule has 0 aliphatic rings. The van der Waals surface area contributed by atoms with Crippen molar-refractivity contribution in [1.29, 1.82) is 0 Å². The fraction of sp³-hybridized carbons (Fsp3) is 0.712. The van der Waals surface area contributed by atoms with E-state index in [0.29, 0.717) is 17.4 Å². The summed E-state index contributed by atoms with van der Waals surface area (Å²) in [5.41, 5.74) is 0. The topological polar surface area (TPSA) is 111 Å². The van der Waals surface area contributed by atoms with E-state index in [-0.39, 0.29) is 38.6 Å². The zero-order chi connectivity index (χ0) is 54.8. The fourth-order valence-electron chi connectivity index (χ4n) is 8.23. The molecule has 0 heterocycles. The molecular weight excluding hydrogens is 935 g/mol. The molecule has 0 spiro atoms. The third-order valence-electron chi connectivity index (χ3n) is 12.8. The Labute approximate surface area is 461 Å². The lowest BCUT2D eigenvalue weighted by atomic mass is 10.0. The number of ether oxygens (including phenoxy) is 4. The fourth-order valence-corrected chi connectivity index (χ4v) is 8.23. The number of hydrogen-bond acceptors (Lipinski definition) is 8. The Morgan fingerprint density at radius 1 is 0.400 bits per heavy atom. The van der Waals surface area contributed by atoms with Gasteiger partial charge in [0.15, 0.2) is 12.4 Å². The minimum Gasteiger partial charge on any atom is -0.545 e. The maximum Gasteiger partial charge on any atom is 0.306 e. The maximum atomic E-state index is 12.9. The highest BCUT2D eigenvalue weighted by Crippen LogP contribution is 2.16. The smallest absolute Gasteiger partial charge is 0.306 e. The molecule has 0 aliphatic carbocycles. The Morgan fingerprint density at radius 2 is 0.720 bits per heavy atom. The number of likely N-dealkylation sites (N-methyl/N-ethyl adjacent to an activating group) is 1. The Balaban J connectivity index is 4.14. The van der Waals surface area contributed by atoms with Crippen LogP contribution in [0.2, 0.25) is 0 Å². The maximum absolute atomic E-state index is 12.9. The number of nitrogens with zero attached hydrogens (tertiary/aromatic N) is 1. The number of rotatable bonds is 55. The molecule has 0 fully saturated rings. The van der Waals surface area contributed by atoms with E-state index in [1.807, 2.05) is 21.1 Å². The molecule has 9 heteroatoms. The molecule has 0 rings (SSSR count). The van der Waals surface area contributed by atoms with E-state index in [1.54, 1.807) is 0 Å². The molecular formula is C66H113NO8. The molecule has 430 valence electrons. The van der Waals surface area contributed by atoms with E-state index in [0.717, 1.165) is 103 Å². The summed E-state index contributed by atoms with van der Waals surface area (Å²) in [7, 11) is 5.92. The van der Waals surface area contributed by atoms with Crippen molar-refractivity contribution in [3.63, 3.8) is 0 Å². The zero-order valence-electron chi connectivity index (χ0n) is 48.9. The lowest BCUT2D eigenvalue weighted by molar-refractivity contribution is -0.870. The van der Waals surface area contributed by atoms with E-state index in [2.05, 4.69) is 111 Å². The first-order chi connectivity index (χ1) is 36.6. The first-order valence-corrected chi connectivity index (χ1v) is 30.4. The SMILES string of the molecule is CC/C=C\C/C=C\C/C=C\C/C=C\C/C=C\CCCCCCCCCCCCCCCCCCCC(=O)OC(COC(=O)CCCCCCCCC/C=C\C/C=C\C/C=C\CC)COC(OCC[N+](C)(C)C)C(=O)[O-]. The van der Waals surface area contributed by atoms with Crippen LogP contribution in [0, 0.1) is 0 Å². The van der Waals surface area contributed by atoms with Crippen LogP contribution in [-0.2, 0) is 33.3 Å². The van der Waals surface area contributed by atoms with Gasteiger partial charge in [0.25, 0.3) is 0 Å². The van der Waals surface area contributed by atoms with Crippen LogP contribution in [0.4, 0.5) is 0 Å². The lowest BCUT2D eigenvalue weighted by Crippen LogP contribution is -2.44. The van der Waals surface area contributed by atoms with Crippen LogP contribution in [0.25, 0.3) is 0 Å². The van der Waals surface area contributed by atoms with Gasteiger partial charge in [0.05, 0.1) is 40.3 Å². The number of esters is 2. The summed E-state index contributed by atoms with van der Waals surface area (Å²) in [6, 6.07) is 0. The summed E-state index contributed by atoms with van der Waals surface area (Å²) in [6.45, 7) is 4.52. The molecule has 0 aliphatic heterocycles. The van der Waals surface area contributed by atoms with Crippen molar-refractivity contribution < 1.29 is 42.9 Å². The third-order valence-corrected chi connectivity index (χ3v) is 12.8. The molecule has 0 N–H and O–H groups in total. The van der Waals surface area contributed by atoms with Gasteiger partial charge in [-0.1, -0.05) is 239 Å². The van der Waals surface area contributed by atoms with Crippen LogP contribution in [-0.4, -0.2) is 82.3 Å². The summed E-state index contributed by atoms with van der Waals surface area (Å²) in [5, 5.41) is 11.8. The van der Waals surface area contributed by atoms with Crippen LogP contribution < -0.4 is 5.11 Å². The van der Waals surface area contributed by atoms with Crippen molar-refractivity contribution >= 4 is 17.9 Å². The van der Waals surface area contributed by atoms with Gasteiger partial charge in [-0.05, 0) is 89.9 Å². The van der Waals surface area contributed by atoms with Gasteiger partial charge in [0.1, 0.15) is 13.2 Å². The van der Waals surface area contributed by atoms with Gasteiger partial charge < -0.3 is 33.3 Å². The van der Waals surface area contributed by atoms with E-state index < -0.39 is 24.3 Å². The van der Waals surface area contributed by atoms with E-state index in [4.69, 9.17) is 18.9 Å². The summed E-state index contributed by atoms with van der Waals surface area (Å²) >= 11 is 0. The molecule has 0 saturated carbocycles. The minimum atomic E-state index is -1.63. The predicted octanol–water partition coefficient (Wildman–Crippen LogP) is 16.8. The Kier molecular flexibility index (Phi) is 53.6. The monoisotopic (exact) mass is 1050 g/mol. The second-order valence-electron chi connectivity index (χ2n) is 21.2. The summed E-state index contributed by atoms with van der Waals surface area (Å²) < 4.78 is 22.7.